The van der Waals surface area contributed by atoms with Crippen molar-refractivity contribution < 1.29 is 9.53 Å². The lowest BCUT2D eigenvalue weighted by molar-refractivity contribution is 0.0931. The van der Waals surface area contributed by atoms with E-state index in [4.69, 9.17) is 4.74 Å². The number of methoxy groups -OCH3 is 1. The molecule has 1 aliphatic rings. The van der Waals surface area contributed by atoms with Gasteiger partial charge in [0.2, 0.25) is 0 Å². The monoisotopic (exact) mass is 281 g/mol. The van der Waals surface area contributed by atoms with Crippen molar-refractivity contribution in [2.75, 3.05) is 7.11 Å². The van der Waals surface area contributed by atoms with Crippen molar-refractivity contribution >= 4 is 5.91 Å². The third-order valence-electron chi connectivity index (χ3n) is 3.89. The van der Waals surface area contributed by atoms with Crippen LogP contribution in [0.1, 0.15) is 34.8 Å². The smallest absolute Gasteiger partial charge is 0.251 e. The number of hydrogen-bond donors (Lipinski definition) is 1. The molecule has 1 atom stereocenters. The van der Waals surface area contributed by atoms with Crippen LogP contribution in [0.25, 0.3) is 0 Å². The van der Waals surface area contributed by atoms with E-state index in [1.165, 1.54) is 18.4 Å². The van der Waals surface area contributed by atoms with Gasteiger partial charge in [-0.15, -0.1) is 0 Å². The van der Waals surface area contributed by atoms with Crippen LogP contribution in [0.3, 0.4) is 0 Å². The SMILES string of the molecule is COc1ccc(C(=O)NC(c2ccccc2)C2CC2)cc1. The second kappa shape index (κ2) is 6.00. The Balaban J connectivity index is 1.74. The van der Waals surface area contributed by atoms with Crippen LogP contribution in [0.5, 0.6) is 5.75 Å². The van der Waals surface area contributed by atoms with Gasteiger partial charge in [0.25, 0.3) is 5.91 Å². The molecule has 3 heteroatoms. The van der Waals surface area contributed by atoms with E-state index in [2.05, 4.69) is 17.4 Å². The fourth-order valence-electron chi connectivity index (χ4n) is 2.53. The third kappa shape index (κ3) is 3.24. The first kappa shape index (κ1) is 13.7. The van der Waals surface area contributed by atoms with E-state index in [9.17, 15) is 4.79 Å². The molecule has 2 aromatic rings. The second-order valence-electron chi connectivity index (χ2n) is 5.43. The zero-order valence-corrected chi connectivity index (χ0v) is 12.1. The van der Waals surface area contributed by atoms with E-state index < -0.39 is 0 Å². The fourth-order valence-corrected chi connectivity index (χ4v) is 2.53. The molecule has 0 spiro atoms. The van der Waals surface area contributed by atoms with Crippen LogP contribution in [0, 0.1) is 5.92 Å². The van der Waals surface area contributed by atoms with Gasteiger partial charge < -0.3 is 10.1 Å². The summed E-state index contributed by atoms with van der Waals surface area (Å²) in [5.74, 6) is 1.29. The first-order valence-corrected chi connectivity index (χ1v) is 7.28. The zero-order chi connectivity index (χ0) is 14.7. The van der Waals surface area contributed by atoms with Gasteiger partial charge in [-0.3, -0.25) is 4.79 Å². The number of ether oxygens (including phenoxy) is 1. The van der Waals surface area contributed by atoms with E-state index in [1.54, 1.807) is 19.2 Å². The number of hydrogen-bond acceptors (Lipinski definition) is 2. The molecule has 0 aromatic heterocycles. The predicted octanol–water partition coefficient (Wildman–Crippen LogP) is 3.58. The van der Waals surface area contributed by atoms with Gasteiger partial charge in [0.05, 0.1) is 13.2 Å². The maximum absolute atomic E-state index is 12.4. The van der Waals surface area contributed by atoms with E-state index in [1.807, 2.05) is 30.3 Å². The Bertz CT molecular complexity index is 603. The van der Waals surface area contributed by atoms with Gasteiger partial charge in [-0.1, -0.05) is 30.3 Å². The summed E-state index contributed by atoms with van der Waals surface area (Å²) in [7, 11) is 1.62. The van der Waals surface area contributed by atoms with Crippen molar-refractivity contribution in [1.82, 2.24) is 5.32 Å². The Morgan fingerprint density at radius 2 is 1.76 bits per heavy atom. The van der Waals surface area contributed by atoms with Crippen LogP contribution in [0.15, 0.2) is 54.6 Å². The summed E-state index contributed by atoms with van der Waals surface area (Å²) in [5, 5.41) is 3.17. The van der Waals surface area contributed by atoms with Gasteiger partial charge in [0, 0.05) is 5.56 Å². The predicted molar refractivity (Wildman–Crippen MR) is 82.4 cm³/mol. The lowest BCUT2D eigenvalue weighted by Crippen LogP contribution is -2.29. The Kier molecular flexibility index (Phi) is 3.91. The molecular weight excluding hydrogens is 262 g/mol. The van der Waals surface area contributed by atoms with Gasteiger partial charge in [0.1, 0.15) is 5.75 Å². The van der Waals surface area contributed by atoms with Gasteiger partial charge >= 0.3 is 0 Å². The summed E-state index contributed by atoms with van der Waals surface area (Å²) in [5.41, 5.74) is 1.85. The summed E-state index contributed by atoms with van der Waals surface area (Å²) in [6, 6.07) is 17.5. The highest BCUT2D eigenvalue weighted by atomic mass is 16.5. The van der Waals surface area contributed by atoms with Crippen LogP contribution in [0.4, 0.5) is 0 Å². The average Bonchev–Trinajstić information content (AvgIpc) is 3.38. The summed E-state index contributed by atoms with van der Waals surface area (Å²) < 4.78 is 5.12. The summed E-state index contributed by atoms with van der Waals surface area (Å²) >= 11 is 0. The van der Waals surface area contributed by atoms with Crippen molar-refractivity contribution in [2.45, 2.75) is 18.9 Å². The van der Waals surface area contributed by atoms with Crippen LogP contribution in [-0.4, -0.2) is 13.0 Å². The number of nitrogens with one attached hydrogen (secondary N) is 1. The zero-order valence-electron chi connectivity index (χ0n) is 12.1. The Morgan fingerprint density at radius 1 is 1.10 bits per heavy atom. The highest BCUT2D eigenvalue weighted by Gasteiger charge is 2.33. The van der Waals surface area contributed by atoms with Crippen molar-refractivity contribution in [3.05, 3.63) is 65.7 Å². The molecule has 0 saturated heterocycles. The number of benzene rings is 2. The highest BCUT2D eigenvalue weighted by Crippen LogP contribution is 2.41. The van der Waals surface area contributed by atoms with Gasteiger partial charge in [-0.2, -0.15) is 0 Å². The Labute approximate surface area is 124 Å². The molecule has 1 amide bonds. The molecule has 0 radical (unpaired) electrons. The molecule has 1 aliphatic carbocycles. The molecule has 1 saturated carbocycles. The maximum atomic E-state index is 12.4. The number of carbonyl (C=O) groups is 1. The van der Waals surface area contributed by atoms with Crippen molar-refractivity contribution in [2.24, 2.45) is 5.92 Å². The molecule has 3 rings (SSSR count). The molecule has 21 heavy (non-hydrogen) atoms. The van der Waals surface area contributed by atoms with Crippen LogP contribution in [0.2, 0.25) is 0 Å². The Hall–Kier alpha value is -2.29. The van der Waals surface area contributed by atoms with Crippen molar-refractivity contribution in [3.8, 4) is 5.75 Å². The fraction of sp³-hybridized carbons (Fsp3) is 0.278. The van der Waals surface area contributed by atoms with Crippen LogP contribution < -0.4 is 10.1 Å². The van der Waals surface area contributed by atoms with Crippen LogP contribution in [-0.2, 0) is 0 Å². The number of amides is 1. The van der Waals surface area contributed by atoms with E-state index in [0.29, 0.717) is 11.5 Å². The van der Waals surface area contributed by atoms with E-state index in [0.717, 1.165) is 5.75 Å². The van der Waals surface area contributed by atoms with Crippen LogP contribution >= 0.6 is 0 Å². The number of rotatable bonds is 5. The first-order chi connectivity index (χ1) is 10.3. The minimum absolute atomic E-state index is 0.0293. The van der Waals surface area contributed by atoms with E-state index in [-0.39, 0.29) is 11.9 Å². The maximum Gasteiger partial charge on any atom is 0.251 e. The molecule has 0 bridgehead atoms. The topological polar surface area (TPSA) is 38.3 Å². The molecule has 1 N–H and O–H groups in total. The van der Waals surface area contributed by atoms with Gasteiger partial charge in [-0.25, -0.2) is 0 Å². The summed E-state index contributed by atoms with van der Waals surface area (Å²) in [4.78, 5) is 12.4. The van der Waals surface area contributed by atoms with Crippen molar-refractivity contribution in [3.63, 3.8) is 0 Å². The van der Waals surface area contributed by atoms with Gasteiger partial charge in [0.15, 0.2) is 0 Å². The quantitative estimate of drug-likeness (QED) is 0.909. The molecule has 0 aliphatic heterocycles. The molecular formula is C18H19NO2. The Morgan fingerprint density at radius 3 is 2.33 bits per heavy atom. The van der Waals surface area contributed by atoms with Gasteiger partial charge in [-0.05, 0) is 48.6 Å². The molecule has 108 valence electrons. The summed E-state index contributed by atoms with van der Waals surface area (Å²) in [6.07, 6.45) is 2.37. The largest absolute Gasteiger partial charge is 0.497 e. The molecule has 1 fully saturated rings. The minimum Gasteiger partial charge on any atom is -0.497 e. The normalized spacial score (nSPS) is 15.3. The first-order valence-electron chi connectivity index (χ1n) is 7.28. The minimum atomic E-state index is -0.0293. The second-order valence-corrected chi connectivity index (χ2v) is 5.43. The lowest BCUT2D eigenvalue weighted by atomic mass is 10.0. The van der Waals surface area contributed by atoms with Crippen molar-refractivity contribution in [1.29, 1.82) is 0 Å². The molecule has 2 aromatic carbocycles. The molecule has 0 heterocycles. The van der Waals surface area contributed by atoms with E-state index >= 15 is 0 Å². The lowest BCUT2D eigenvalue weighted by Gasteiger charge is -2.19. The molecule has 3 nitrogen and oxygen atoms in total. The molecule has 1 unspecified atom stereocenters. The third-order valence-corrected chi connectivity index (χ3v) is 3.89. The highest BCUT2D eigenvalue weighted by molar-refractivity contribution is 5.94. The standard InChI is InChI=1S/C18H19NO2/c1-21-16-11-9-15(10-12-16)18(20)19-17(14-7-8-14)13-5-3-2-4-6-13/h2-6,9-12,14,17H,7-8H2,1H3,(H,19,20). The average molecular weight is 281 g/mol. The summed E-state index contributed by atoms with van der Waals surface area (Å²) in [6.45, 7) is 0. The number of carbonyl (C=O) groups excluding carboxylic acids is 1.